The molecule has 254 valence electrons. The van der Waals surface area contributed by atoms with Gasteiger partial charge in [-0.2, -0.15) is 0 Å². The summed E-state index contributed by atoms with van der Waals surface area (Å²) in [5.74, 6) is -0.682. The van der Waals surface area contributed by atoms with Gasteiger partial charge >= 0.3 is 0 Å². The summed E-state index contributed by atoms with van der Waals surface area (Å²) in [5.41, 5.74) is 3.30. The molecule has 48 heavy (non-hydrogen) atoms. The third-order valence-corrected chi connectivity index (χ3v) is 10.6. The number of aryl methyl sites for hydroxylation is 2. The average Bonchev–Trinajstić information content (AvgIpc) is 3.07. The fraction of sp³-hybridized carbons (Fsp3) is 0.297. The first-order valence-electron chi connectivity index (χ1n) is 15.7. The number of nitrogens with zero attached hydrogens (tertiary/aromatic N) is 2. The standard InChI is InChI=1S/C37H41Cl2N3O5S/c1-6-27(4)40-37(44)34(22-28-10-8-7-9-11-28)41(23-29-15-18-31(38)32(39)21-29)36(43)24-42(33-20-26(3)14-19-35(33)47-5)48(45,46)30-16-12-25(2)13-17-30/h7-21,27,34H,6,22-24H2,1-5H3,(H,40,44)/t27-,34-/m0/s1. The molecule has 4 rings (SSSR count). The van der Waals surface area contributed by atoms with Crippen molar-refractivity contribution < 1.29 is 22.7 Å². The van der Waals surface area contributed by atoms with Crippen LogP contribution in [0.1, 0.15) is 42.5 Å². The summed E-state index contributed by atoms with van der Waals surface area (Å²) in [7, 11) is -2.85. The summed E-state index contributed by atoms with van der Waals surface area (Å²) in [6.45, 7) is 6.89. The minimum absolute atomic E-state index is 0.0100. The zero-order valence-corrected chi connectivity index (χ0v) is 30.1. The molecule has 1 N–H and O–H groups in total. The van der Waals surface area contributed by atoms with Crippen LogP contribution in [0.3, 0.4) is 0 Å². The minimum Gasteiger partial charge on any atom is -0.495 e. The molecule has 0 radical (unpaired) electrons. The van der Waals surface area contributed by atoms with E-state index in [-0.39, 0.29) is 41.2 Å². The summed E-state index contributed by atoms with van der Waals surface area (Å²) in [5, 5.41) is 3.66. The zero-order chi connectivity index (χ0) is 35.0. The van der Waals surface area contributed by atoms with E-state index in [1.165, 1.54) is 24.1 Å². The van der Waals surface area contributed by atoms with Crippen molar-refractivity contribution in [2.24, 2.45) is 0 Å². The van der Waals surface area contributed by atoms with Crippen molar-refractivity contribution in [1.82, 2.24) is 10.2 Å². The monoisotopic (exact) mass is 709 g/mol. The molecule has 0 bridgehead atoms. The second kappa shape index (κ2) is 16.4. The minimum atomic E-state index is -4.30. The number of hydrogen-bond acceptors (Lipinski definition) is 5. The number of methoxy groups -OCH3 is 1. The normalized spacial score (nSPS) is 12.6. The SMILES string of the molecule is CC[C@H](C)NC(=O)[C@H](Cc1ccccc1)N(Cc1ccc(Cl)c(Cl)c1)C(=O)CN(c1cc(C)ccc1OC)S(=O)(=O)c1ccc(C)cc1. The molecule has 4 aromatic rings. The van der Waals surface area contributed by atoms with Crippen LogP contribution in [0.2, 0.25) is 10.0 Å². The second-order valence-corrected chi connectivity index (χ2v) is 14.5. The van der Waals surface area contributed by atoms with Crippen molar-refractivity contribution in [2.75, 3.05) is 18.0 Å². The van der Waals surface area contributed by atoms with Crippen molar-refractivity contribution in [3.8, 4) is 5.75 Å². The lowest BCUT2D eigenvalue weighted by Gasteiger charge is -2.34. The summed E-state index contributed by atoms with van der Waals surface area (Å²) < 4.78 is 35.4. The largest absolute Gasteiger partial charge is 0.495 e. The number of sulfonamides is 1. The Morgan fingerprint density at radius 1 is 0.854 bits per heavy atom. The molecule has 8 nitrogen and oxygen atoms in total. The molecule has 0 heterocycles. The van der Waals surface area contributed by atoms with Gasteiger partial charge in [-0.15, -0.1) is 0 Å². The zero-order valence-electron chi connectivity index (χ0n) is 27.7. The van der Waals surface area contributed by atoms with Gasteiger partial charge in [-0.3, -0.25) is 13.9 Å². The van der Waals surface area contributed by atoms with Gasteiger partial charge in [-0.1, -0.05) is 90.3 Å². The van der Waals surface area contributed by atoms with E-state index in [0.717, 1.165) is 21.0 Å². The Balaban J connectivity index is 1.87. The molecule has 0 saturated heterocycles. The maximum absolute atomic E-state index is 14.7. The number of rotatable bonds is 14. The molecular formula is C37H41Cl2N3O5S. The van der Waals surface area contributed by atoms with Crippen LogP contribution in [0.4, 0.5) is 5.69 Å². The van der Waals surface area contributed by atoms with Crippen molar-refractivity contribution in [2.45, 2.75) is 64.1 Å². The van der Waals surface area contributed by atoms with E-state index in [2.05, 4.69) is 5.32 Å². The fourth-order valence-electron chi connectivity index (χ4n) is 5.18. The number of hydrogen-bond donors (Lipinski definition) is 1. The Kier molecular flexibility index (Phi) is 12.5. The molecule has 0 aliphatic carbocycles. The fourth-order valence-corrected chi connectivity index (χ4v) is 6.91. The Morgan fingerprint density at radius 3 is 2.15 bits per heavy atom. The van der Waals surface area contributed by atoms with Gasteiger partial charge < -0.3 is 15.0 Å². The summed E-state index contributed by atoms with van der Waals surface area (Å²) in [6.07, 6.45) is 0.870. The third-order valence-electron chi connectivity index (χ3n) is 8.10. The van der Waals surface area contributed by atoms with Gasteiger partial charge in [-0.25, -0.2) is 8.42 Å². The molecule has 0 aliphatic rings. The van der Waals surface area contributed by atoms with E-state index < -0.39 is 28.5 Å². The summed E-state index contributed by atoms with van der Waals surface area (Å²) in [4.78, 5) is 30.2. The van der Waals surface area contributed by atoms with Gasteiger partial charge in [0.15, 0.2) is 0 Å². The molecule has 0 fully saturated rings. The predicted molar refractivity (Wildman–Crippen MR) is 192 cm³/mol. The number of amides is 2. The van der Waals surface area contributed by atoms with Crippen LogP contribution in [0, 0.1) is 13.8 Å². The van der Waals surface area contributed by atoms with E-state index in [4.69, 9.17) is 27.9 Å². The number of ether oxygens (including phenoxy) is 1. The molecule has 2 atom stereocenters. The number of anilines is 1. The molecular weight excluding hydrogens is 669 g/mol. The van der Waals surface area contributed by atoms with E-state index in [9.17, 15) is 18.0 Å². The van der Waals surface area contributed by atoms with Gasteiger partial charge in [0.05, 0.1) is 27.7 Å². The predicted octanol–water partition coefficient (Wildman–Crippen LogP) is 7.37. The van der Waals surface area contributed by atoms with Gasteiger partial charge in [0, 0.05) is 19.0 Å². The van der Waals surface area contributed by atoms with Crippen LogP contribution in [0.5, 0.6) is 5.75 Å². The Labute approximate surface area is 293 Å². The second-order valence-electron chi connectivity index (χ2n) is 11.8. The highest BCUT2D eigenvalue weighted by molar-refractivity contribution is 7.92. The lowest BCUT2D eigenvalue weighted by Crippen LogP contribution is -2.54. The molecule has 4 aromatic carbocycles. The summed E-state index contributed by atoms with van der Waals surface area (Å²) in [6, 6.07) is 24.8. The molecule has 0 saturated carbocycles. The van der Waals surface area contributed by atoms with Crippen molar-refractivity contribution >= 4 is 50.7 Å². The Bertz CT molecular complexity index is 1840. The number of nitrogens with one attached hydrogen (secondary N) is 1. The lowest BCUT2D eigenvalue weighted by molar-refractivity contribution is -0.140. The van der Waals surface area contributed by atoms with E-state index in [1.807, 2.05) is 58.0 Å². The van der Waals surface area contributed by atoms with Crippen molar-refractivity contribution in [3.63, 3.8) is 0 Å². The first-order valence-corrected chi connectivity index (χ1v) is 17.8. The van der Waals surface area contributed by atoms with Gasteiger partial charge in [0.2, 0.25) is 11.8 Å². The van der Waals surface area contributed by atoms with E-state index >= 15 is 0 Å². The first kappa shape index (κ1) is 36.8. The van der Waals surface area contributed by atoms with Crippen LogP contribution in [0.25, 0.3) is 0 Å². The average molecular weight is 711 g/mol. The molecule has 0 aliphatic heterocycles. The van der Waals surface area contributed by atoms with E-state index in [1.54, 1.807) is 48.5 Å². The number of benzene rings is 4. The molecule has 2 amide bonds. The third kappa shape index (κ3) is 9.09. The smallest absolute Gasteiger partial charge is 0.264 e. The molecule has 0 unspecified atom stereocenters. The van der Waals surface area contributed by atoms with Gasteiger partial charge in [0.1, 0.15) is 18.3 Å². The number of carbonyl (C=O) groups excluding carboxylic acids is 2. The molecule has 0 spiro atoms. The number of carbonyl (C=O) groups is 2. The highest BCUT2D eigenvalue weighted by atomic mass is 35.5. The molecule has 11 heteroatoms. The highest BCUT2D eigenvalue weighted by Gasteiger charge is 2.36. The first-order chi connectivity index (χ1) is 22.8. The lowest BCUT2D eigenvalue weighted by atomic mass is 10.0. The number of halogens is 2. The van der Waals surface area contributed by atoms with Crippen LogP contribution in [-0.4, -0.2) is 50.9 Å². The van der Waals surface area contributed by atoms with Crippen LogP contribution < -0.4 is 14.4 Å². The van der Waals surface area contributed by atoms with Crippen LogP contribution >= 0.6 is 23.2 Å². The molecule has 0 aromatic heterocycles. The van der Waals surface area contributed by atoms with Crippen molar-refractivity contribution in [3.05, 3.63) is 123 Å². The van der Waals surface area contributed by atoms with Crippen molar-refractivity contribution in [1.29, 1.82) is 0 Å². The highest BCUT2D eigenvalue weighted by Crippen LogP contribution is 2.34. The van der Waals surface area contributed by atoms with Gasteiger partial charge in [-0.05, 0) is 80.3 Å². The summed E-state index contributed by atoms with van der Waals surface area (Å²) >= 11 is 12.6. The topological polar surface area (TPSA) is 96.0 Å². The van der Waals surface area contributed by atoms with E-state index in [0.29, 0.717) is 22.0 Å². The maximum Gasteiger partial charge on any atom is 0.264 e. The van der Waals surface area contributed by atoms with Gasteiger partial charge in [0.25, 0.3) is 10.0 Å². The van der Waals surface area contributed by atoms with Crippen LogP contribution in [-0.2, 0) is 32.6 Å². The Morgan fingerprint density at radius 2 is 1.52 bits per heavy atom. The maximum atomic E-state index is 14.7. The quantitative estimate of drug-likeness (QED) is 0.148. The van der Waals surface area contributed by atoms with Crippen LogP contribution in [0.15, 0.2) is 95.9 Å². The Hall–Kier alpha value is -4.05.